The Labute approximate surface area is 95.0 Å². The Bertz CT molecular complexity index is 161. The zero-order valence-corrected chi connectivity index (χ0v) is 10.7. The Morgan fingerprint density at radius 1 is 1.33 bits per heavy atom. The van der Waals surface area contributed by atoms with Crippen molar-refractivity contribution in [2.24, 2.45) is 0 Å². The van der Waals surface area contributed by atoms with Gasteiger partial charge in [0.15, 0.2) is 0 Å². The fourth-order valence-electron chi connectivity index (χ4n) is 2.45. The normalized spacial score (nSPS) is 25.4. The lowest BCUT2D eigenvalue weighted by atomic mass is 10.0. The first-order chi connectivity index (χ1) is 7.27. The average molecular weight is 213 g/mol. The number of rotatable bonds is 6. The quantitative estimate of drug-likeness (QED) is 0.629. The van der Waals surface area contributed by atoms with E-state index >= 15 is 0 Å². The zero-order valence-electron chi connectivity index (χ0n) is 10.7. The summed E-state index contributed by atoms with van der Waals surface area (Å²) in [7, 11) is 0. The highest BCUT2D eigenvalue weighted by Crippen LogP contribution is 2.16. The van der Waals surface area contributed by atoms with Crippen molar-refractivity contribution in [3.8, 4) is 0 Å². The molecule has 90 valence electrons. The number of morpholine rings is 1. The van der Waals surface area contributed by atoms with Gasteiger partial charge in [0.05, 0.1) is 12.7 Å². The number of hydrogen-bond acceptors (Lipinski definition) is 2. The Balaban J connectivity index is 2.29. The largest absolute Gasteiger partial charge is 0.376 e. The predicted molar refractivity (Wildman–Crippen MR) is 65.2 cm³/mol. The smallest absolute Gasteiger partial charge is 0.0674 e. The van der Waals surface area contributed by atoms with Gasteiger partial charge in [-0.25, -0.2) is 0 Å². The monoisotopic (exact) mass is 213 g/mol. The maximum absolute atomic E-state index is 5.59. The molecule has 2 nitrogen and oxygen atoms in total. The first kappa shape index (κ1) is 13.0. The van der Waals surface area contributed by atoms with Crippen molar-refractivity contribution in [1.82, 2.24) is 4.90 Å². The average Bonchev–Trinajstić information content (AvgIpc) is 2.24. The molecule has 0 aromatic heterocycles. The van der Waals surface area contributed by atoms with Crippen LogP contribution in [-0.4, -0.2) is 36.7 Å². The van der Waals surface area contributed by atoms with Crippen molar-refractivity contribution in [3.63, 3.8) is 0 Å². The fourth-order valence-corrected chi connectivity index (χ4v) is 2.45. The summed E-state index contributed by atoms with van der Waals surface area (Å²) in [6, 6.07) is 0.794. The van der Waals surface area contributed by atoms with E-state index in [0.717, 1.165) is 25.7 Å². The zero-order chi connectivity index (χ0) is 11.1. The van der Waals surface area contributed by atoms with Gasteiger partial charge in [0, 0.05) is 19.1 Å². The molecule has 0 spiro atoms. The van der Waals surface area contributed by atoms with Crippen LogP contribution in [0.2, 0.25) is 0 Å². The van der Waals surface area contributed by atoms with Gasteiger partial charge in [0.25, 0.3) is 0 Å². The molecule has 2 atom stereocenters. The Morgan fingerprint density at radius 3 is 2.73 bits per heavy atom. The summed E-state index contributed by atoms with van der Waals surface area (Å²) in [6.07, 6.45) is 7.19. The molecule has 1 saturated heterocycles. The van der Waals surface area contributed by atoms with Gasteiger partial charge in [0.2, 0.25) is 0 Å². The van der Waals surface area contributed by atoms with E-state index in [2.05, 4.69) is 25.7 Å². The maximum Gasteiger partial charge on any atom is 0.0674 e. The summed E-state index contributed by atoms with van der Waals surface area (Å²) in [6.45, 7) is 9.96. The van der Waals surface area contributed by atoms with E-state index in [1.807, 2.05) is 0 Å². The Kier molecular flexibility index (Phi) is 6.26. The van der Waals surface area contributed by atoms with E-state index < -0.39 is 0 Å². The summed E-state index contributed by atoms with van der Waals surface area (Å²) in [5, 5.41) is 0. The van der Waals surface area contributed by atoms with Crippen LogP contribution in [0.5, 0.6) is 0 Å². The highest BCUT2D eigenvalue weighted by Gasteiger charge is 2.22. The van der Waals surface area contributed by atoms with Crippen LogP contribution in [0, 0.1) is 0 Å². The van der Waals surface area contributed by atoms with Crippen LogP contribution < -0.4 is 0 Å². The van der Waals surface area contributed by atoms with Gasteiger partial charge in [-0.3, -0.25) is 4.90 Å². The summed E-state index contributed by atoms with van der Waals surface area (Å²) in [5.41, 5.74) is 0. The third kappa shape index (κ3) is 4.52. The van der Waals surface area contributed by atoms with Crippen LogP contribution in [0.3, 0.4) is 0 Å². The van der Waals surface area contributed by atoms with Gasteiger partial charge in [-0.2, -0.15) is 0 Å². The standard InChI is InChI=1S/C13H27NO/c1-4-6-7-8-13(5-2)14-9-10-15-12(3)11-14/h12-13H,4-11H2,1-3H3. The van der Waals surface area contributed by atoms with Crippen molar-refractivity contribution in [2.45, 2.75) is 65.0 Å². The van der Waals surface area contributed by atoms with Gasteiger partial charge < -0.3 is 4.74 Å². The number of unbranched alkanes of at least 4 members (excludes halogenated alkanes) is 2. The lowest BCUT2D eigenvalue weighted by molar-refractivity contribution is -0.0361. The van der Waals surface area contributed by atoms with Crippen LogP contribution in [0.25, 0.3) is 0 Å². The van der Waals surface area contributed by atoms with Gasteiger partial charge >= 0.3 is 0 Å². The van der Waals surface area contributed by atoms with Crippen molar-refractivity contribution >= 4 is 0 Å². The van der Waals surface area contributed by atoms with E-state index in [0.29, 0.717) is 6.10 Å². The highest BCUT2D eigenvalue weighted by atomic mass is 16.5. The van der Waals surface area contributed by atoms with Crippen LogP contribution in [-0.2, 0) is 4.74 Å². The molecule has 0 N–H and O–H groups in total. The molecule has 0 amide bonds. The molecule has 1 heterocycles. The second-order valence-corrected chi connectivity index (χ2v) is 4.73. The molecular weight excluding hydrogens is 186 g/mol. The lowest BCUT2D eigenvalue weighted by Gasteiger charge is -2.37. The molecule has 1 rings (SSSR count). The highest BCUT2D eigenvalue weighted by molar-refractivity contribution is 4.75. The summed E-state index contributed by atoms with van der Waals surface area (Å²) < 4.78 is 5.59. The molecule has 0 bridgehead atoms. The number of hydrogen-bond donors (Lipinski definition) is 0. The minimum Gasteiger partial charge on any atom is -0.376 e. The second kappa shape index (κ2) is 7.24. The molecule has 1 aliphatic rings. The summed E-state index contributed by atoms with van der Waals surface area (Å²) in [5.74, 6) is 0. The van der Waals surface area contributed by atoms with Gasteiger partial charge in [-0.15, -0.1) is 0 Å². The fraction of sp³-hybridized carbons (Fsp3) is 1.00. The molecule has 0 saturated carbocycles. The van der Waals surface area contributed by atoms with Crippen LogP contribution in [0.1, 0.15) is 52.9 Å². The Morgan fingerprint density at radius 2 is 2.13 bits per heavy atom. The number of nitrogens with zero attached hydrogens (tertiary/aromatic N) is 1. The van der Waals surface area contributed by atoms with Crippen LogP contribution in [0.15, 0.2) is 0 Å². The lowest BCUT2D eigenvalue weighted by Crippen LogP contribution is -2.46. The molecule has 0 aliphatic carbocycles. The SMILES string of the molecule is CCCCCC(CC)N1CCOC(C)C1. The predicted octanol–water partition coefficient (Wildman–Crippen LogP) is 3.07. The van der Waals surface area contributed by atoms with Crippen molar-refractivity contribution in [3.05, 3.63) is 0 Å². The van der Waals surface area contributed by atoms with E-state index in [-0.39, 0.29) is 0 Å². The van der Waals surface area contributed by atoms with Gasteiger partial charge in [-0.05, 0) is 19.8 Å². The molecule has 0 aromatic carbocycles. The van der Waals surface area contributed by atoms with Gasteiger partial charge in [-0.1, -0.05) is 33.1 Å². The molecule has 0 radical (unpaired) electrons. The second-order valence-electron chi connectivity index (χ2n) is 4.73. The number of ether oxygens (including phenoxy) is 1. The molecular formula is C13H27NO. The van der Waals surface area contributed by atoms with Crippen molar-refractivity contribution < 1.29 is 4.74 Å². The van der Waals surface area contributed by atoms with Gasteiger partial charge in [0.1, 0.15) is 0 Å². The molecule has 15 heavy (non-hydrogen) atoms. The van der Waals surface area contributed by atoms with E-state index in [4.69, 9.17) is 4.74 Å². The summed E-state index contributed by atoms with van der Waals surface area (Å²) >= 11 is 0. The molecule has 1 aliphatic heterocycles. The van der Waals surface area contributed by atoms with Crippen LogP contribution >= 0.6 is 0 Å². The minimum atomic E-state index is 0.430. The first-order valence-electron chi connectivity index (χ1n) is 6.63. The topological polar surface area (TPSA) is 12.5 Å². The maximum atomic E-state index is 5.59. The Hall–Kier alpha value is -0.0800. The minimum absolute atomic E-state index is 0.430. The first-order valence-corrected chi connectivity index (χ1v) is 6.63. The van der Waals surface area contributed by atoms with E-state index in [9.17, 15) is 0 Å². The third-order valence-corrected chi connectivity index (χ3v) is 3.40. The molecule has 1 fully saturated rings. The van der Waals surface area contributed by atoms with E-state index in [1.54, 1.807) is 0 Å². The third-order valence-electron chi connectivity index (χ3n) is 3.40. The van der Waals surface area contributed by atoms with Crippen molar-refractivity contribution in [1.29, 1.82) is 0 Å². The molecule has 0 aromatic rings. The van der Waals surface area contributed by atoms with E-state index in [1.165, 1.54) is 32.1 Å². The van der Waals surface area contributed by atoms with Crippen molar-refractivity contribution in [2.75, 3.05) is 19.7 Å². The molecule has 2 heteroatoms. The van der Waals surface area contributed by atoms with Crippen LogP contribution in [0.4, 0.5) is 0 Å². The summed E-state index contributed by atoms with van der Waals surface area (Å²) in [4.78, 5) is 2.63. The molecule has 2 unspecified atom stereocenters.